The molecule has 0 bridgehead atoms. The molecule has 0 fully saturated rings. The number of amides is 1. The van der Waals surface area contributed by atoms with E-state index in [1.807, 2.05) is 4.72 Å². The molecule has 0 saturated carbocycles. The highest BCUT2D eigenvalue weighted by Crippen LogP contribution is 2.39. The molecule has 4 aromatic rings. The first kappa shape index (κ1) is 23.6. The molecule has 0 aliphatic rings. The van der Waals surface area contributed by atoms with Gasteiger partial charge < -0.3 is 9.30 Å². The Morgan fingerprint density at radius 2 is 1.97 bits per heavy atom. The molecule has 0 aliphatic heterocycles. The molecule has 176 valence electrons. The quantitative estimate of drug-likeness (QED) is 0.427. The number of nitrogens with zero attached hydrogens (tertiary/aromatic N) is 3. The molecule has 4 rings (SSSR count). The number of fused-ring (bicyclic) bond motifs is 1. The summed E-state index contributed by atoms with van der Waals surface area (Å²) >= 11 is 6.18. The van der Waals surface area contributed by atoms with Gasteiger partial charge in [-0.1, -0.05) is 11.6 Å². The lowest BCUT2D eigenvalue weighted by molar-refractivity contribution is 0.0974. The zero-order chi connectivity index (χ0) is 24.6. The van der Waals surface area contributed by atoms with Crippen molar-refractivity contribution in [3.8, 4) is 17.0 Å². The number of hydrogen-bond donors (Lipinski definition) is 1. The first-order chi connectivity index (χ1) is 16.1. The fraction of sp³-hybridized carbons (Fsp3) is 0.136. The number of benzene rings is 1. The van der Waals surface area contributed by atoms with Crippen LogP contribution in [0.4, 0.5) is 8.78 Å². The highest BCUT2D eigenvalue weighted by Gasteiger charge is 2.29. The number of methoxy groups -OCH3 is 1. The second-order valence-electron chi connectivity index (χ2n) is 7.33. The maximum atomic E-state index is 14.5. The van der Waals surface area contributed by atoms with E-state index in [-0.39, 0.29) is 39.9 Å². The number of pyridine rings is 2. The highest BCUT2D eigenvalue weighted by molar-refractivity contribution is 7.89. The largest absolute Gasteiger partial charge is 0.481 e. The highest BCUT2D eigenvalue weighted by atomic mass is 35.5. The summed E-state index contributed by atoms with van der Waals surface area (Å²) in [4.78, 5) is 21.7. The van der Waals surface area contributed by atoms with Crippen LogP contribution in [0.5, 0.6) is 5.88 Å². The number of nitrogens with one attached hydrogen (secondary N) is 1. The van der Waals surface area contributed by atoms with E-state index in [0.29, 0.717) is 10.9 Å². The standard InChI is InChI=1S/C22H17ClF2N4O4S/c1-33-22-15(4-3-7-26-22)18-16-9-13(23)10-27-20(16)29(19(18)21(30)28-34(2,31)32)11-12-8-14(24)5-6-17(12)25/h3-10H,11H2,1-2H3,(H,28,30). The first-order valence-electron chi connectivity index (χ1n) is 9.72. The van der Waals surface area contributed by atoms with Gasteiger partial charge in [0.25, 0.3) is 5.91 Å². The van der Waals surface area contributed by atoms with E-state index >= 15 is 0 Å². The number of halogens is 3. The molecule has 0 aliphatic carbocycles. The number of ether oxygens (including phenoxy) is 1. The van der Waals surface area contributed by atoms with E-state index in [2.05, 4.69) is 9.97 Å². The molecule has 34 heavy (non-hydrogen) atoms. The van der Waals surface area contributed by atoms with Crippen molar-refractivity contribution in [3.05, 3.63) is 76.7 Å². The number of carbonyl (C=O) groups excluding carboxylic acids is 1. The minimum absolute atomic E-state index is 0.0771. The van der Waals surface area contributed by atoms with Gasteiger partial charge in [-0.05, 0) is 36.4 Å². The Hall–Kier alpha value is -3.57. The van der Waals surface area contributed by atoms with Crippen LogP contribution < -0.4 is 9.46 Å². The van der Waals surface area contributed by atoms with Gasteiger partial charge in [0, 0.05) is 34.5 Å². The smallest absolute Gasteiger partial charge is 0.282 e. The average molecular weight is 507 g/mol. The molecule has 1 N–H and O–H groups in total. The summed E-state index contributed by atoms with van der Waals surface area (Å²) in [6.07, 6.45) is 3.62. The van der Waals surface area contributed by atoms with Crippen molar-refractivity contribution >= 4 is 38.6 Å². The summed E-state index contributed by atoms with van der Waals surface area (Å²) in [5.41, 5.74) is 0.494. The SMILES string of the molecule is COc1ncccc1-c1c(C(=O)NS(C)(=O)=O)n(Cc2cc(F)ccc2F)c2ncc(Cl)cc12. The Morgan fingerprint density at radius 3 is 2.68 bits per heavy atom. The topological polar surface area (TPSA) is 103 Å². The maximum absolute atomic E-state index is 14.5. The van der Waals surface area contributed by atoms with Crippen molar-refractivity contribution in [1.29, 1.82) is 0 Å². The third kappa shape index (κ3) is 4.57. The van der Waals surface area contributed by atoms with E-state index < -0.39 is 27.6 Å². The molecule has 0 unspecified atom stereocenters. The number of sulfonamides is 1. The summed E-state index contributed by atoms with van der Waals surface area (Å²) < 4.78 is 60.8. The summed E-state index contributed by atoms with van der Waals surface area (Å²) in [6, 6.07) is 7.66. The second kappa shape index (κ2) is 8.99. The molecule has 3 heterocycles. The molecule has 1 amide bonds. The third-order valence-corrected chi connectivity index (χ3v) is 5.69. The Morgan fingerprint density at radius 1 is 1.21 bits per heavy atom. The van der Waals surface area contributed by atoms with Gasteiger partial charge in [0.1, 0.15) is 23.0 Å². The van der Waals surface area contributed by atoms with Crippen molar-refractivity contribution in [2.75, 3.05) is 13.4 Å². The van der Waals surface area contributed by atoms with Crippen LogP contribution in [0.25, 0.3) is 22.2 Å². The van der Waals surface area contributed by atoms with Crippen molar-refractivity contribution in [2.24, 2.45) is 0 Å². The zero-order valence-electron chi connectivity index (χ0n) is 17.8. The number of rotatable bonds is 6. The van der Waals surface area contributed by atoms with Crippen LogP contribution in [0.1, 0.15) is 16.1 Å². The van der Waals surface area contributed by atoms with E-state index in [4.69, 9.17) is 16.3 Å². The van der Waals surface area contributed by atoms with Crippen LogP contribution in [-0.4, -0.2) is 42.2 Å². The van der Waals surface area contributed by atoms with Gasteiger partial charge in [-0.3, -0.25) is 4.79 Å². The Balaban J connectivity index is 2.10. The van der Waals surface area contributed by atoms with Crippen LogP contribution in [0.2, 0.25) is 5.02 Å². The van der Waals surface area contributed by atoms with Gasteiger partial charge in [0.15, 0.2) is 0 Å². The molecular weight excluding hydrogens is 490 g/mol. The predicted molar refractivity (Wildman–Crippen MR) is 122 cm³/mol. The Kier molecular flexibility index (Phi) is 6.24. The molecule has 3 aromatic heterocycles. The van der Waals surface area contributed by atoms with Gasteiger partial charge in [0.2, 0.25) is 15.9 Å². The van der Waals surface area contributed by atoms with Crippen LogP contribution in [0.3, 0.4) is 0 Å². The van der Waals surface area contributed by atoms with Crippen LogP contribution in [0, 0.1) is 11.6 Å². The van der Waals surface area contributed by atoms with Crippen molar-refractivity contribution in [2.45, 2.75) is 6.54 Å². The van der Waals surface area contributed by atoms with Crippen molar-refractivity contribution in [1.82, 2.24) is 19.3 Å². The van der Waals surface area contributed by atoms with Crippen LogP contribution in [-0.2, 0) is 16.6 Å². The van der Waals surface area contributed by atoms with Crippen LogP contribution in [0.15, 0.2) is 48.8 Å². The lowest BCUT2D eigenvalue weighted by Gasteiger charge is -2.13. The molecule has 0 radical (unpaired) electrons. The van der Waals surface area contributed by atoms with E-state index in [1.165, 1.54) is 30.1 Å². The first-order valence-corrected chi connectivity index (χ1v) is 12.0. The zero-order valence-corrected chi connectivity index (χ0v) is 19.4. The maximum Gasteiger partial charge on any atom is 0.282 e. The van der Waals surface area contributed by atoms with Gasteiger partial charge in [-0.15, -0.1) is 0 Å². The van der Waals surface area contributed by atoms with Gasteiger partial charge in [0.05, 0.1) is 24.9 Å². The minimum Gasteiger partial charge on any atom is -0.481 e. The van der Waals surface area contributed by atoms with Gasteiger partial charge in [-0.25, -0.2) is 31.9 Å². The molecule has 1 aromatic carbocycles. The lowest BCUT2D eigenvalue weighted by Crippen LogP contribution is -2.31. The summed E-state index contributed by atoms with van der Waals surface area (Å²) in [5.74, 6) is -2.26. The monoisotopic (exact) mass is 506 g/mol. The van der Waals surface area contributed by atoms with Gasteiger partial charge >= 0.3 is 0 Å². The third-order valence-electron chi connectivity index (χ3n) is 4.93. The molecule has 0 atom stereocenters. The second-order valence-corrected chi connectivity index (χ2v) is 9.52. The number of hydrogen-bond acceptors (Lipinski definition) is 6. The Bertz CT molecular complexity index is 1540. The predicted octanol–water partition coefficient (Wildman–Crippen LogP) is 3.78. The number of aromatic nitrogens is 3. The van der Waals surface area contributed by atoms with E-state index in [0.717, 1.165) is 24.5 Å². The van der Waals surface area contributed by atoms with E-state index in [9.17, 15) is 22.0 Å². The summed E-state index contributed by atoms with van der Waals surface area (Å²) in [7, 11) is -2.59. The summed E-state index contributed by atoms with van der Waals surface area (Å²) in [5, 5.41) is 0.593. The lowest BCUT2D eigenvalue weighted by atomic mass is 10.0. The van der Waals surface area contributed by atoms with E-state index in [1.54, 1.807) is 12.1 Å². The van der Waals surface area contributed by atoms with Crippen LogP contribution >= 0.6 is 11.6 Å². The molecule has 8 nitrogen and oxygen atoms in total. The molecule has 12 heteroatoms. The van der Waals surface area contributed by atoms with Gasteiger partial charge in [-0.2, -0.15) is 0 Å². The summed E-state index contributed by atoms with van der Waals surface area (Å²) in [6.45, 7) is -0.330. The Labute approximate surface area is 198 Å². The normalized spacial score (nSPS) is 11.6. The molecule has 0 saturated heterocycles. The average Bonchev–Trinajstić information content (AvgIpc) is 3.08. The van der Waals surface area contributed by atoms with Crippen molar-refractivity contribution < 1.29 is 26.7 Å². The minimum atomic E-state index is -3.98. The fourth-order valence-electron chi connectivity index (χ4n) is 3.66. The molecule has 0 spiro atoms. The number of carbonyl (C=O) groups is 1. The van der Waals surface area contributed by atoms with Crippen molar-refractivity contribution in [3.63, 3.8) is 0 Å². The molecular formula is C22H17ClF2N4O4S. The fourth-order valence-corrected chi connectivity index (χ4v) is 4.25.